The highest BCUT2D eigenvalue weighted by molar-refractivity contribution is 7.98. The van der Waals surface area contributed by atoms with Gasteiger partial charge in [0, 0.05) is 31.9 Å². The number of nitrogens with one attached hydrogen (secondary N) is 1. The molecule has 0 radical (unpaired) electrons. The molecule has 0 fully saturated rings. The number of thioether (sulfide) groups is 1. The number of rotatable bonds is 9. The second-order valence-corrected chi connectivity index (χ2v) is 9.52. The molecule has 34 heavy (non-hydrogen) atoms. The first-order chi connectivity index (χ1) is 16.6. The van der Waals surface area contributed by atoms with Crippen molar-refractivity contribution in [2.45, 2.75) is 23.7 Å². The molecule has 4 rings (SSSR count). The summed E-state index contributed by atoms with van der Waals surface area (Å²) < 4.78 is 5.98. The van der Waals surface area contributed by atoms with Gasteiger partial charge in [-0.3, -0.25) is 4.79 Å². The van der Waals surface area contributed by atoms with Crippen molar-refractivity contribution in [2.24, 2.45) is 0 Å². The number of benzene rings is 4. The molecule has 6 heteroatoms. The highest BCUT2D eigenvalue weighted by atomic mass is 35.5. The summed E-state index contributed by atoms with van der Waals surface area (Å²) in [5.41, 5.74) is 3.81. The largest absolute Gasteiger partial charge is 0.489 e. The van der Waals surface area contributed by atoms with Gasteiger partial charge < -0.3 is 10.1 Å². The van der Waals surface area contributed by atoms with Crippen molar-refractivity contribution in [2.75, 3.05) is 5.32 Å². The van der Waals surface area contributed by atoms with Crippen LogP contribution in [0.25, 0.3) is 0 Å². The maximum Gasteiger partial charge on any atom is 0.228 e. The van der Waals surface area contributed by atoms with Gasteiger partial charge in [0.15, 0.2) is 0 Å². The van der Waals surface area contributed by atoms with Crippen LogP contribution in [0, 0.1) is 0 Å². The number of ether oxygens (including phenoxy) is 1. The summed E-state index contributed by atoms with van der Waals surface area (Å²) in [7, 11) is 0. The third-order valence-electron chi connectivity index (χ3n) is 5.10. The highest BCUT2D eigenvalue weighted by Gasteiger charge is 2.11. The minimum Gasteiger partial charge on any atom is -0.489 e. The van der Waals surface area contributed by atoms with Crippen molar-refractivity contribution in [1.82, 2.24) is 0 Å². The highest BCUT2D eigenvalue weighted by Crippen LogP contribution is 2.30. The van der Waals surface area contributed by atoms with Crippen LogP contribution < -0.4 is 10.1 Å². The molecular formula is C28H23Cl2NO2S. The Hall–Kier alpha value is -2.92. The molecule has 4 aromatic carbocycles. The quantitative estimate of drug-likeness (QED) is 0.233. The van der Waals surface area contributed by atoms with Gasteiger partial charge in [-0.05, 0) is 53.6 Å². The summed E-state index contributed by atoms with van der Waals surface area (Å²) >= 11 is 13.9. The molecule has 3 nitrogen and oxygen atoms in total. The Morgan fingerprint density at radius 3 is 2.32 bits per heavy atom. The lowest BCUT2D eigenvalue weighted by molar-refractivity contribution is -0.115. The lowest BCUT2D eigenvalue weighted by atomic mass is 10.1. The molecule has 0 atom stereocenters. The van der Waals surface area contributed by atoms with Crippen LogP contribution in [0.15, 0.2) is 102 Å². The van der Waals surface area contributed by atoms with Crippen LogP contribution in [-0.4, -0.2) is 5.91 Å². The van der Waals surface area contributed by atoms with E-state index in [0.717, 1.165) is 33.2 Å². The number of hydrogen-bond acceptors (Lipinski definition) is 3. The topological polar surface area (TPSA) is 38.3 Å². The van der Waals surface area contributed by atoms with Crippen molar-refractivity contribution in [3.05, 3.63) is 124 Å². The summed E-state index contributed by atoms with van der Waals surface area (Å²) in [4.78, 5) is 13.7. The fourth-order valence-electron chi connectivity index (χ4n) is 3.33. The summed E-state index contributed by atoms with van der Waals surface area (Å²) in [5, 5.41) is 4.26. The van der Waals surface area contributed by atoms with Gasteiger partial charge in [-0.15, -0.1) is 11.8 Å². The second-order valence-electron chi connectivity index (χ2n) is 7.66. The maximum absolute atomic E-state index is 12.6. The van der Waals surface area contributed by atoms with Crippen LogP contribution in [-0.2, 0) is 23.6 Å². The smallest absolute Gasteiger partial charge is 0.228 e. The van der Waals surface area contributed by atoms with E-state index >= 15 is 0 Å². The number of anilines is 1. The van der Waals surface area contributed by atoms with Gasteiger partial charge in [0.05, 0.1) is 6.42 Å². The zero-order valence-corrected chi connectivity index (χ0v) is 20.7. The zero-order valence-electron chi connectivity index (χ0n) is 18.3. The molecule has 4 aromatic rings. The molecule has 0 spiro atoms. The Kier molecular flexibility index (Phi) is 8.53. The number of carbonyl (C=O) groups excluding carboxylic acids is 1. The molecule has 0 aliphatic heterocycles. The molecule has 0 unspecified atom stereocenters. The van der Waals surface area contributed by atoms with Crippen molar-refractivity contribution in [3.8, 4) is 5.75 Å². The van der Waals surface area contributed by atoms with Gasteiger partial charge >= 0.3 is 0 Å². The average Bonchev–Trinajstić information content (AvgIpc) is 2.85. The van der Waals surface area contributed by atoms with Gasteiger partial charge in [-0.25, -0.2) is 0 Å². The third-order valence-corrected chi connectivity index (χ3v) is 6.89. The van der Waals surface area contributed by atoms with Crippen LogP contribution >= 0.6 is 35.0 Å². The molecule has 0 bridgehead atoms. The minimum atomic E-state index is -0.114. The molecule has 172 valence electrons. The lowest BCUT2D eigenvalue weighted by Gasteiger charge is -2.14. The molecule has 0 aromatic heterocycles. The van der Waals surface area contributed by atoms with E-state index in [1.807, 2.05) is 66.7 Å². The number of halogens is 2. The zero-order chi connectivity index (χ0) is 23.8. The van der Waals surface area contributed by atoms with Crippen LogP contribution in [0.2, 0.25) is 10.0 Å². The van der Waals surface area contributed by atoms with Crippen LogP contribution in [0.4, 0.5) is 5.69 Å². The monoisotopic (exact) mass is 507 g/mol. The molecule has 0 saturated carbocycles. The van der Waals surface area contributed by atoms with Crippen LogP contribution in [0.3, 0.4) is 0 Å². The normalized spacial score (nSPS) is 10.6. The first-order valence-electron chi connectivity index (χ1n) is 10.8. The molecular weight excluding hydrogens is 485 g/mol. The minimum absolute atomic E-state index is 0.114. The SMILES string of the molecule is O=C(Cc1ccccc1Cl)Nc1ccc(COc2ccc(Cl)cc2)c(SCc2ccccc2)c1. The number of amides is 1. The fraction of sp³-hybridized carbons (Fsp3) is 0.107. The molecule has 0 aliphatic carbocycles. The summed E-state index contributed by atoms with van der Waals surface area (Å²) in [6.07, 6.45) is 0.216. The first kappa shape index (κ1) is 24.2. The number of carbonyl (C=O) groups is 1. The van der Waals surface area contributed by atoms with Crippen molar-refractivity contribution >= 4 is 46.6 Å². The predicted octanol–water partition coefficient (Wildman–Crippen LogP) is 8.05. The molecule has 1 amide bonds. The Labute approximate surface area is 214 Å². The molecule has 0 aliphatic rings. The number of hydrogen-bond donors (Lipinski definition) is 1. The average molecular weight is 508 g/mol. The summed E-state index contributed by atoms with van der Waals surface area (Å²) in [5.74, 6) is 1.45. The van der Waals surface area contributed by atoms with E-state index in [0.29, 0.717) is 16.7 Å². The fourth-order valence-corrected chi connectivity index (χ4v) is 4.70. The van der Waals surface area contributed by atoms with Crippen molar-refractivity contribution in [1.29, 1.82) is 0 Å². The van der Waals surface area contributed by atoms with E-state index in [-0.39, 0.29) is 12.3 Å². The van der Waals surface area contributed by atoms with Crippen LogP contribution in [0.5, 0.6) is 5.75 Å². The Morgan fingerprint density at radius 2 is 1.56 bits per heavy atom. The maximum atomic E-state index is 12.6. The summed E-state index contributed by atoms with van der Waals surface area (Å²) in [6.45, 7) is 0.409. The van der Waals surface area contributed by atoms with Crippen molar-refractivity contribution in [3.63, 3.8) is 0 Å². The Bertz CT molecular complexity index is 1250. The second kappa shape index (κ2) is 12.0. The lowest BCUT2D eigenvalue weighted by Crippen LogP contribution is -2.14. The van der Waals surface area contributed by atoms with E-state index in [9.17, 15) is 4.79 Å². The standard InChI is InChI=1S/C28H23Cl2NO2S/c29-23-11-14-25(15-12-23)33-18-22-10-13-24(17-27(22)34-19-20-6-2-1-3-7-20)31-28(32)16-21-8-4-5-9-26(21)30/h1-15,17H,16,18-19H2,(H,31,32). The Morgan fingerprint density at radius 1 is 0.824 bits per heavy atom. The van der Waals surface area contributed by atoms with Gasteiger partial charge in [0.2, 0.25) is 5.91 Å². The summed E-state index contributed by atoms with van der Waals surface area (Å²) in [6, 6.07) is 30.9. The van der Waals surface area contributed by atoms with Gasteiger partial charge in [-0.1, -0.05) is 77.8 Å². The van der Waals surface area contributed by atoms with Gasteiger partial charge in [0.25, 0.3) is 0 Å². The van der Waals surface area contributed by atoms with E-state index in [1.54, 1.807) is 30.0 Å². The van der Waals surface area contributed by atoms with Crippen LogP contribution in [0.1, 0.15) is 16.7 Å². The molecule has 0 saturated heterocycles. The van der Waals surface area contributed by atoms with Crippen molar-refractivity contribution < 1.29 is 9.53 Å². The molecule has 0 heterocycles. The van der Waals surface area contributed by atoms with E-state index in [2.05, 4.69) is 17.4 Å². The predicted molar refractivity (Wildman–Crippen MR) is 142 cm³/mol. The third kappa shape index (κ3) is 7.04. The van der Waals surface area contributed by atoms with E-state index in [1.165, 1.54) is 5.56 Å². The van der Waals surface area contributed by atoms with Gasteiger partial charge in [0.1, 0.15) is 12.4 Å². The van der Waals surface area contributed by atoms with E-state index in [4.69, 9.17) is 27.9 Å². The van der Waals surface area contributed by atoms with Gasteiger partial charge in [-0.2, -0.15) is 0 Å². The van der Waals surface area contributed by atoms with E-state index < -0.39 is 0 Å². The Balaban J connectivity index is 1.49. The first-order valence-corrected chi connectivity index (χ1v) is 12.5. The molecule has 1 N–H and O–H groups in total.